The second-order valence-electron chi connectivity index (χ2n) is 3.16. The molecule has 2 heteroatoms. The molecule has 0 radical (unpaired) electrons. The maximum atomic E-state index is 10.5. The summed E-state index contributed by atoms with van der Waals surface area (Å²) < 4.78 is 4.82. The molecule has 0 aromatic carbocycles. The molecule has 12 heavy (non-hydrogen) atoms. The van der Waals surface area contributed by atoms with Crippen molar-refractivity contribution in [2.24, 2.45) is 5.92 Å². The van der Waals surface area contributed by atoms with Crippen LogP contribution in [0.2, 0.25) is 0 Å². The molecule has 0 aliphatic carbocycles. The smallest absolute Gasteiger partial charge is 0.302 e. The zero-order valence-corrected chi connectivity index (χ0v) is 8.02. The van der Waals surface area contributed by atoms with Crippen molar-refractivity contribution >= 4 is 5.97 Å². The minimum Gasteiger partial charge on any atom is -0.461 e. The van der Waals surface area contributed by atoms with E-state index in [1.54, 1.807) is 0 Å². The lowest BCUT2D eigenvalue weighted by atomic mass is 10.0. The third-order valence-electron chi connectivity index (χ3n) is 1.35. The van der Waals surface area contributed by atoms with Gasteiger partial charge in [0.2, 0.25) is 0 Å². The van der Waals surface area contributed by atoms with Gasteiger partial charge in [-0.15, -0.1) is 5.73 Å². The third-order valence-corrected chi connectivity index (χ3v) is 1.35. The molecule has 0 N–H and O–H groups in total. The van der Waals surface area contributed by atoms with Gasteiger partial charge in [-0.1, -0.05) is 20.4 Å². The highest BCUT2D eigenvalue weighted by molar-refractivity contribution is 5.66. The zero-order chi connectivity index (χ0) is 9.56. The second kappa shape index (κ2) is 5.62. The van der Waals surface area contributed by atoms with Crippen molar-refractivity contribution in [2.75, 3.05) is 6.61 Å². The summed E-state index contributed by atoms with van der Waals surface area (Å²) in [6.45, 7) is 9.47. The predicted octanol–water partition coefficient (Wildman–Crippen LogP) is 2.31. The van der Waals surface area contributed by atoms with Gasteiger partial charge in [0.05, 0.1) is 0 Å². The Kier molecular flexibility index (Phi) is 5.14. The van der Waals surface area contributed by atoms with E-state index in [1.165, 1.54) is 6.92 Å². The average Bonchev–Trinajstić information content (AvgIpc) is 1.97. The highest BCUT2D eigenvalue weighted by Gasteiger charge is 2.02. The molecule has 0 saturated carbocycles. The summed E-state index contributed by atoms with van der Waals surface area (Å²) in [6.07, 6.45) is 0.886. The first-order chi connectivity index (χ1) is 5.56. The van der Waals surface area contributed by atoms with Gasteiger partial charge in [-0.2, -0.15) is 0 Å². The molecule has 0 amide bonds. The number of esters is 1. The van der Waals surface area contributed by atoms with Gasteiger partial charge in [0.25, 0.3) is 0 Å². The number of ether oxygens (including phenoxy) is 1. The second-order valence-corrected chi connectivity index (χ2v) is 3.16. The lowest BCUT2D eigenvalue weighted by Crippen LogP contribution is -2.04. The van der Waals surface area contributed by atoms with Crippen molar-refractivity contribution in [3.8, 4) is 0 Å². The molecule has 0 rings (SSSR count). The Morgan fingerprint density at radius 3 is 2.50 bits per heavy atom. The zero-order valence-electron chi connectivity index (χ0n) is 8.02. The van der Waals surface area contributed by atoms with Crippen LogP contribution in [0.3, 0.4) is 0 Å². The van der Waals surface area contributed by atoms with Crippen LogP contribution in [0.4, 0.5) is 0 Å². The highest BCUT2D eigenvalue weighted by atomic mass is 16.5. The molecule has 0 aliphatic heterocycles. The fourth-order valence-electron chi connectivity index (χ4n) is 0.864. The van der Waals surface area contributed by atoms with Crippen LogP contribution in [0.5, 0.6) is 0 Å². The van der Waals surface area contributed by atoms with Crippen molar-refractivity contribution in [1.29, 1.82) is 0 Å². The number of hydrogen-bond acceptors (Lipinski definition) is 2. The Hall–Kier alpha value is -1.01. The van der Waals surface area contributed by atoms with E-state index in [2.05, 4.69) is 26.2 Å². The highest BCUT2D eigenvalue weighted by Crippen LogP contribution is 2.09. The first kappa shape index (κ1) is 11.0. The number of carbonyl (C=O) groups is 1. The van der Waals surface area contributed by atoms with Gasteiger partial charge in [-0.05, 0) is 12.3 Å². The number of carbonyl (C=O) groups excluding carboxylic acids is 1. The summed E-state index contributed by atoms with van der Waals surface area (Å²) >= 11 is 0. The quantitative estimate of drug-likeness (QED) is 0.475. The van der Waals surface area contributed by atoms with Crippen LogP contribution in [-0.4, -0.2) is 12.6 Å². The lowest BCUT2D eigenvalue weighted by Gasteiger charge is -2.07. The van der Waals surface area contributed by atoms with Crippen molar-refractivity contribution in [3.05, 3.63) is 17.9 Å². The Morgan fingerprint density at radius 2 is 2.17 bits per heavy atom. The number of hydrogen-bond donors (Lipinski definition) is 0. The molecule has 0 fully saturated rings. The topological polar surface area (TPSA) is 26.3 Å². The Balaban J connectivity index is 3.86. The van der Waals surface area contributed by atoms with Gasteiger partial charge >= 0.3 is 5.97 Å². The summed E-state index contributed by atoms with van der Waals surface area (Å²) in [7, 11) is 0. The third kappa shape index (κ3) is 5.75. The van der Waals surface area contributed by atoms with E-state index in [9.17, 15) is 4.79 Å². The fourth-order valence-corrected chi connectivity index (χ4v) is 0.864. The van der Waals surface area contributed by atoms with Crippen molar-refractivity contribution in [3.63, 3.8) is 0 Å². The van der Waals surface area contributed by atoms with Crippen LogP contribution >= 0.6 is 0 Å². The van der Waals surface area contributed by atoms with E-state index < -0.39 is 0 Å². The standard InChI is InChI=1S/C10H16O2/c1-5-10(6-8(2)3)7-12-9(4)11/h8H,1,6-7H2,2-4H3. The maximum Gasteiger partial charge on any atom is 0.302 e. The summed E-state index contributed by atoms with van der Waals surface area (Å²) in [4.78, 5) is 10.5. The van der Waals surface area contributed by atoms with E-state index in [0.717, 1.165) is 12.0 Å². The Bertz CT molecular complexity index is 198. The van der Waals surface area contributed by atoms with Gasteiger partial charge in [-0.25, -0.2) is 0 Å². The SMILES string of the molecule is C=C=C(COC(C)=O)CC(C)C. The molecule has 0 bridgehead atoms. The van der Waals surface area contributed by atoms with Crippen molar-refractivity contribution in [2.45, 2.75) is 27.2 Å². The van der Waals surface area contributed by atoms with Crippen LogP contribution in [-0.2, 0) is 9.53 Å². The van der Waals surface area contributed by atoms with Crippen molar-refractivity contribution in [1.82, 2.24) is 0 Å². The normalized spacial score (nSPS) is 9.33. The minimum atomic E-state index is -0.258. The maximum absolute atomic E-state index is 10.5. The summed E-state index contributed by atoms with van der Waals surface area (Å²) in [5.74, 6) is 0.288. The van der Waals surface area contributed by atoms with E-state index in [0.29, 0.717) is 12.5 Å². The first-order valence-electron chi connectivity index (χ1n) is 4.07. The molecule has 0 spiro atoms. The molecular weight excluding hydrogens is 152 g/mol. The Morgan fingerprint density at radius 1 is 1.58 bits per heavy atom. The van der Waals surface area contributed by atoms with Crippen LogP contribution < -0.4 is 0 Å². The molecule has 2 nitrogen and oxygen atoms in total. The summed E-state index contributed by atoms with van der Waals surface area (Å²) in [6, 6.07) is 0. The predicted molar refractivity (Wildman–Crippen MR) is 48.7 cm³/mol. The molecule has 0 aliphatic rings. The van der Waals surface area contributed by atoms with Crippen LogP contribution in [0.1, 0.15) is 27.2 Å². The molecule has 0 saturated heterocycles. The van der Waals surface area contributed by atoms with E-state index in [-0.39, 0.29) is 5.97 Å². The summed E-state index contributed by atoms with van der Waals surface area (Å²) in [5, 5.41) is 0. The minimum absolute atomic E-state index is 0.258. The van der Waals surface area contributed by atoms with Crippen LogP contribution in [0.15, 0.2) is 17.9 Å². The first-order valence-corrected chi connectivity index (χ1v) is 4.07. The van der Waals surface area contributed by atoms with Crippen molar-refractivity contribution < 1.29 is 9.53 Å². The van der Waals surface area contributed by atoms with E-state index in [1.807, 2.05) is 0 Å². The molecule has 0 unspecified atom stereocenters. The fraction of sp³-hybridized carbons (Fsp3) is 0.600. The van der Waals surface area contributed by atoms with E-state index >= 15 is 0 Å². The molecular formula is C10H16O2. The van der Waals surface area contributed by atoms with Gasteiger partial charge in [0.15, 0.2) is 0 Å². The summed E-state index contributed by atoms with van der Waals surface area (Å²) in [5.41, 5.74) is 3.74. The lowest BCUT2D eigenvalue weighted by molar-refractivity contribution is -0.140. The Labute approximate surface area is 73.9 Å². The molecule has 0 heterocycles. The van der Waals surface area contributed by atoms with Crippen LogP contribution in [0, 0.1) is 5.92 Å². The molecule has 0 aromatic rings. The van der Waals surface area contributed by atoms with Gasteiger partial charge in [-0.3, -0.25) is 4.79 Å². The molecule has 0 atom stereocenters. The van der Waals surface area contributed by atoms with Crippen LogP contribution in [0.25, 0.3) is 0 Å². The average molecular weight is 168 g/mol. The number of rotatable bonds is 4. The largest absolute Gasteiger partial charge is 0.461 e. The molecule has 0 aromatic heterocycles. The van der Waals surface area contributed by atoms with E-state index in [4.69, 9.17) is 4.74 Å². The van der Waals surface area contributed by atoms with Gasteiger partial charge < -0.3 is 4.74 Å². The van der Waals surface area contributed by atoms with Gasteiger partial charge in [0.1, 0.15) is 6.61 Å². The monoisotopic (exact) mass is 168 g/mol. The van der Waals surface area contributed by atoms with Gasteiger partial charge in [0, 0.05) is 12.5 Å². The molecule has 68 valence electrons.